The molecule has 1 aromatic heterocycles. The highest BCUT2D eigenvalue weighted by atomic mass is 16.4. The van der Waals surface area contributed by atoms with Crippen LogP contribution < -0.4 is 0 Å². The van der Waals surface area contributed by atoms with E-state index in [0.717, 1.165) is 25.1 Å². The van der Waals surface area contributed by atoms with Crippen LogP contribution in [0.2, 0.25) is 0 Å². The van der Waals surface area contributed by atoms with Crippen LogP contribution in [0.1, 0.15) is 58.7 Å². The summed E-state index contributed by atoms with van der Waals surface area (Å²) in [6.07, 6.45) is 4.35. The first-order valence-electron chi connectivity index (χ1n) is 7.51. The predicted octanol–water partition coefficient (Wildman–Crippen LogP) is 2.93. The Morgan fingerprint density at radius 3 is 2.55 bits per heavy atom. The minimum absolute atomic E-state index is 0.0239. The van der Waals surface area contributed by atoms with Crippen LogP contribution in [0.15, 0.2) is 12.3 Å². The van der Waals surface area contributed by atoms with Gasteiger partial charge in [-0.25, -0.2) is 0 Å². The standard InChI is InChI=1S/C15H27N3O2/c1-5-14(6-2)18-9-8-13(16-18)11-17(7-3)12(4)10-15(19)20/h8-9,12,14H,5-7,10-11H2,1-4H3,(H,19,20). The third-order valence-corrected chi connectivity index (χ3v) is 3.84. The van der Waals surface area contributed by atoms with Crippen LogP contribution in [0, 0.1) is 0 Å². The summed E-state index contributed by atoms with van der Waals surface area (Å²) < 4.78 is 2.03. The molecule has 0 aliphatic carbocycles. The van der Waals surface area contributed by atoms with Crippen LogP contribution in [0.5, 0.6) is 0 Å². The van der Waals surface area contributed by atoms with Crippen molar-refractivity contribution in [1.29, 1.82) is 0 Å². The van der Waals surface area contributed by atoms with Gasteiger partial charge in [0.2, 0.25) is 0 Å². The summed E-state index contributed by atoms with van der Waals surface area (Å²) in [4.78, 5) is 13.0. The Hall–Kier alpha value is -1.36. The van der Waals surface area contributed by atoms with Crippen LogP contribution in [0.4, 0.5) is 0 Å². The molecule has 5 heteroatoms. The summed E-state index contributed by atoms with van der Waals surface area (Å²) >= 11 is 0. The van der Waals surface area contributed by atoms with Crippen molar-refractivity contribution in [3.8, 4) is 0 Å². The molecule has 1 N–H and O–H groups in total. The number of aliphatic carboxylic acids is 1. The molecule has 0 radical (unpaired) electrons. The molecule has 1 aromatic rings. The molecule has 1 heterocycles. The van der Waals surface area contributed by atoms with Gasteiger partial charge in [-0.15, -0.1) is 0 Å². The topological polar surface area (TPSA) is 58.4 Å². The number of nitrogens with zero attached hydrogens (tertiary/aromatic N) is 3. The average Bonchev–Trinajstić information content (AvgIpc) is 2.85. The molecule has 114 valence electrons. The zero-order chi connectivity index (χ0) is 15.1. The van der Waals surface area contributed by atoms with Crippen molar-refractivity contribution in [2.75, 3.05) is 6.54 Å². The van der Waals surface area contributed by atoms with Crippen LogP contribution >= 0.6 is 0 Å². The van der Waals surface area contributed by atoms with Crippen LogP contribution in [-0.4, -0.2) is 38.3 Å². The first kappa shape index (κ1) is 16.7. The van der Waals surface area contributed by atoms with E-state index in [4.69, 9.17) is 5.11 Å². The molecule has 20 heavy (non-hydrogen) atoms. The van der Waals surface area contributed by atoms with E-state index in [-0.39, 0.29) is 12.5 Å². The lowest BCUT2D eigenvalue weighted by Crippen LogP contribution is -2.34. The fourth-order valence-corrected chi connectivity index (χ4v) is 2.50. The molecule has 0 spiro atoms. The van der Waals surface area contributed by atoms with Gasteiger partial charge in [-0.05, 0) is 32.4 Å². The number of rotatable bonds is 9. The average molecular weight is 281 g/mol. The number of aromatic nitrogens is 2. The number of hydrogen-bond acceptors (Lipinski definition) is 3. The molecule has 0 saturated carbocycles. The highest BCUT2D eigenvalue weighted by molar-refractivity contribution is 5.67. The van der Waals surface area contributed by atoms with E-state index in [1.807, 2.05) is 23.9 Å². The van der Waals surface area contributed by atoms with E-state index < -0.39 is 5.97 Å². The van der Waals surface area contributed by atoms with E-state index in [0.29, 0.717) is 12.6 Å². The molecule has 0 aliphatic rings. The number of carbonyl (C=O) groups is 1. The molecule has 0 aromatic carbocycles. The molecule has 0 amide bonds. The second-order valence-electron chi connectivity index (χ2n) is 5.27. The zero-order valence-electron chi connectivity index (χ0n) is 13.0. The van der Waals surface area contributed by atoms with Gasteiger partial charge < -0.3 is 5.11 Å². The van der Waals surface area contributed by atoms with Crippen molar-refractivity contribution in [2.45, 2.75) is 65.6 Å². The minimum Gasteiger partial charge on any atom is -0.481 e. The van der Waals surface area contributed by atoms with Crippen LogP contribution in [0.3, 0.4) is 0 Å². The highest BCUT2D eigenvalue weighted by Gasteiger charge is 2.17. The van der Waals surface area contributed by atoms with E-state index >= 15 is 0 Å². The summed E-state index contributed by atoms with van der Waals surface area (Å²) in [6, 6.07) is 2.51. The Labute approximate surface area is 121 Å². The van der Waals surface area contributed by atoms with Crippen molar-refractivity contribution in [1.82, 2.24) is 14.7 Å². The largest absolute Gasteiger partial charge is 0.481 e. The van der Waals surface area contributed by atoms with E-state index in [2.05, 4.69) is 30.8 Å². The molecular formula is C15H27N3O2. The molecule has 0 saturated heterocycles. The van der Waals surface area contributed by atoms with Crippen molar-refractivity contribution in [2.24, 2.45) is 0 Å². The lowest BCUT2D eigenvalue weighted by molar-refractivity contribution is -0.138. The number of carboxylic acid groups (broad SMARTS) is 1. The molecule has 0 bridgehead atoms. The van der Waals surface area contributed by atoms with Gasteiger partial charge in [0.25, 0.3) is 0 Å². The Morgan fingerprint density at radius 2 is 2.05 bits per heavy atom. The summed E-state index contributed by atoms with van der Waals surface area (Å²) in [5.41, 5.74) is 1.01. The van der Waals surface area contributed by atoms with Gasteiger partial charge in [0.15, 0.2) is 0 Å². The molecule has 1 unspecified atom stereocenters. The molecule has 1 rings (SSSR count). The third kappa shape index (κ3) is 4.63. The van der Waals surface area contributed by atoms with Gasteiger partial charge in [-0.2, -0.15) is 5.10 Å². The molecule has 0 fully saturated rings. The summed E-state index contributed by atoms with van der Waals surface area (Å²) in [5.74, 6) is -0.751. The lowest BCUT2D eigenvalue weighted by atomic mass is 10.2. The van der Waals surface area contributed by atoms with Gasteiger partial charge >= 0.3 is 5.97 Å². The van der Waals surface area contributed by atoms with Crippen molar-refractivity contribution < 1.29 is 9.90 Å². The van der Waals surface area contributed by atoms with Crippen molar-refractivity contribution >= 4 is 5.97 Å². The predicted molar refractivity (Wildman–Crippen MR) is 79.6 cm³/mol. The highest BCUT2D eigenvalue weighted by Crippen LogP contribution is 2.16. The van der Waals surface area contributed by atoms with E-state index in [9.17, 15) is 4.79 Å². The molecule has 1 atom stereocenters. The van der Waals surface area contributed by atoms with Gasteiger partial charge in [-0.3, -0.25) is 14.4 Å². The second-order valence-corrected chi connectivity index (χ2v) is 5.27. The summed E-state index contributed by atoms with van der Waals surface area (Å²) in [5, 5.41) is 13.5. The quantitative estimate of drug-likeness (QED) is 0.756. The first-order chi connectivity index (χ1) is 9.51. The van der Waals surface area contributed by atoms with E-state index in [1.165, 1.54) is 0 Å². The maximum Gasteiger partial charge on any atom is 0.304 e. The Morgan fingerprint density at radius 1 is 1.40 bits per heavy atom. The summed E-state index contributed by atoms with van der Waals surface area (Å²) in [7, 11) is 0. The van der Waals surface area contributed by atoms with Gasteiger partial charge in [-0.1, -0.05) is 20.8 Å². The van der Waals surface area contributed by atoms with E-state index in [1.54, 1.807) is 0 Å². The Kier molecular flexibility index (Phi) is 6.71. The van der Waals surface area contributed by atoms with Crippen LogP contribution in [0.25, 0.3) is 0 Å². The Balaban J connectivity index is 2.68. The SMILES string of the molecule is CCC(CC)n1ccc(CN(CC)C(C)CC(=O)O)n1. The minimum atomic E-state index is -0.751. The van der Waals surface area contributed by atoms with Crippen LogP contribution in [-0.2, 0) is 11.3 Å². The zero-order valence-corrected chi connectivity index (χ0v) is 13.0. The van der Waals surface area contributed by atoms with Gasteiger partial charge in [0.05, 0.1) is 18.2 Å². The molecular weight excluding hydrogens is 254 g/mol. The van der Waals surface area contributed by atoms with Crippen molar-refractivity contribution in [3.63, 3.8) is 0 Å². The normalized spacial score (nSPS) is 13.1. The fourth-order valence-electron chi connectivity index (χ4n) is 2.50. The smallest absolute Gasteiger partial charge is 0.304 e. The number of hydrogen-bond donors (Lipinski definition) is 1. The number of carboxylic acids is 1. The third-order valence-electron chi connectivity index (χ3n) is 3.84. The fraction of sp³-hybridized carbons (Fsp3) is 0.733. The molecule has 0 aliphatic heterocycles. The Bertz CT molecular complexity index is 413. The maximum atomic E-state index is 10.8. The van der Waals surface area contributed by atoms with Gasteiger partial charge in [0, 0.05) is 18.8 Å². The van der Waals surface area contributed by atoms with Crippen molar-refractivity contribution in [3.05, 3.63) is 18.0 Å². The van der Waals surface area contributed by atoms with Gasteiger partial charge in [0.1, 0.15) is 0 Å². The molecule has 5 nitrogen and oxygen atoms in total. The summed E-state index contributed by atoms with van der Waals surface area (Å²) in [6.45, 7) is 9.88. The lowest BCUT2D eigenvalue weighted by Gasteiger charge is -2.25. The first-order valence-corrected chi connectivity index (χ1v) is 7.51. The monoisotopic (exact) mass is 281 g/mol. The second kappa shape index (κ2) is 8.04. The maximum absolute atomic E-state index is 10.8.